The second-order valence-corrected chi connectivity index (χ2v) is 5.17. The van der Waals surface area contributed by atoms with E-state index in [1.54, 1.807) is 11.3 Å². The van der Waals surface area contributed by atoms with E-state index in [2.05, 4.69) is 12.2 Å². The highest BCUT2D eigenvalue weighted by Crippen LogP contribution is 2.32. The average Bonchev–Trinajstić information content (AvgIpc) is 2.74. The van der Waals surface area contributed by atoms with Crippen LogP contribution < -0.4 is 5.32 Å². The van der Waals surface area contributed by atoms with Crippen LogP contribution in [0.5, 0.6) is 0 Å². The van der Waals surface area contributed by atoms with Gasteiger partial charge in [0.05, 0.1) is 4.88 Å². The summed E-state index contributed by atoms with van der Waals surface area (Å²) in [5, 5.41) is 5.25. The molecule has 76 valence electrons. The Kier molecular flexibility index (Phi) is 2.45. The average molecular weight is 209 g/mol. The zero-order valence-corrected chi connectivity index (χ0v) is 9.41. The lowest BCUT2D eigenvalue weighted by atomic mass is 9.83. The first-order chi connectivity index (χ1) is 6.63. The van der Waals surface area contributed by atoms with E-state index in [1.165, 1.54) is 0 Å². The Morgan fingerprint density at radius 1 is 1.64 bits per heavy atom. The molecular formula is C11H15NOS. The van der Waals surface area contributed by atoms with E-state index in [-0.39, 0.29) is 5.41 Å². The summed E-state index contributed by atoms with van der Waals surface area (Å²) in [5.74, 6) is 0.315. The van der Waals surface area contributed by atoms with Crippen LogP contribution in [0.1, 0.15) is 28.6 Å². The van der Waals surface area contributed by atoms with Gasteiger partial charge in [0.15, 0.2) is 5.78 Å². The molecule has 1 aromatic rings. The largest absolute Gasteiger partial charge is 0.316 e. The summed E-state index contributed by atoms with van der Waals surface area (Å²) in [5.41, 5.74) is 0.948. The summed E-state index contributed by atoms with van der Waals surface area (Å²) in [7, 11) is 0. The van der Waals surface area contributed by atoms with Crippen LogP contribution in [0.3, 0.4) is 0 Å². The number of carbonyl (C=O) groups excluding carboxylic acids is 1. The van der Waals surface area contributed by atoms with Crippen LogP contribution in [0, 0.1) is 12.3 Å². The SMILES string of the molecule is Cc1ccsc1C(=O)C1(C)CCNC1. The standard InChI is InChI=1S/C11H15NOS/c1-8-3-6-14-9(8)10(13)11(2)4-5-12-7-11/h3,6,12H,4-5,7H2,1-2H3. The molecule has 0 bridgehead atoms. The predicted octanol–water partition coefficient (Wildman–Crippen LogP) is 2.24. The monoisotopic (exact) mass is 209 g/mol. The van der Waals surface area contributed by atoms with Gasteiger partial charge < -0.3 is 5.32 Å². The van der Waals surface area contributed by atoms with Crippen LogP contribution in [0.25, 0.3) is 0 Å². The van der Waals surface area contributed by atoms with E-state index >= 15 is 0 Å². The van der Waals surface area contributed by atoms with Gasteiger partial charge in [0.2, 0.25) is 0 Å². The number of rotatable bonds is 2. The third kappa shape index (κ3) is 1.51. The smallest absolute Gasteiger partial charge is 0.180 e. The van der Waals surface area contributed by atoms with Gasteiger partial charge in [-0.2, -0.15) is 0 Å². The summed E-state index contributed by atoms with van der Waals surface area (Å²) in [6, 6.07) is 2.02. The van der Waals surface area contributed by atoms with Gasteiger partial charge in [-0.15, -0.1) is 11.3 Å². The Labute approximate surface area is 88.3 Å². The second-order valence-electron chi connectivity index (χ2n) is 4.25. The van der Waals surface area contributed by atoms with Crippen molar-refractivity contribution < 1.29 is 4.79 Å². The molecule has 1 saturated heterocycles. The lowest BCUT2D eigenvalue weighted by molar-refractivity contribution is 0.0843. The molecule has 1 atom stereocenters. The Bertz CT molecular complexity index is 350. The Hall–Kier alpha value is -0.670. The number of hydrogen-bond acceptors (Lipinski definition) is 3. The van der Waals surface area contributed by atoms with Gasteiger partial charge in [0, 0.05) is 12.0 Å². The minimum Gasteiger partial charge on any atom is -0.316 e. The molecule has 1 N–H and O–H groups in total. The summed E-state index contributed by atoms with van der Waals surface area (Å²) in [4.78, 5) is 13.2. The Morgan fingerprint density at radius 2 is 2.43 bits per heavy atom. The number of aryl methyl sites for hydroxylation is 1. The number of ketones is 1. The van der Waals surface area contributed by atoms with Crippen molar-refractivity contribution in [1.82, 2.24) is 5.32 Å². The number of hydrogen-bond donors (Lipinski definition) is 1. The van der Waals surface area contributed by atoms with E-state index in [9.17, 15) is 4.79 Å². The molecule has 1 unspecified atom stereocenters. The maximum absolute atomic E-state index is 12.2. The quantitative estimate of drug-likeness (QED) is 0.757. The van der Waals surface area contributed by atoms with Crippen LogP contribution >= 0.6 is 11.3 Å². The second kappa shape index (κ2) is 3.48. The zero-order chi connectivity index (χ0) is 10.2. The third-order valence-electron chi connectivity index (χ3n) is 2.99. The van der Waals surface area contributed by atoms with Gasteiger partial charge in [-0.3, -0.25) is 4.79 Å². The van der Waals surface area contributed by atoms with Crippen molar-refractivity contribution in [3.05, 3.63) is 21.9 Å². The topological polar surface area (TPSA) is 29.1 Å². The molecule has 0 amide bonds. The van der Waals surface area contributed by atoms with Crippen molar-refractivity contribution in [2.24, 2.45) is 5.41 Å². The Morgan fingerprint density at radius 3 is 2.93 bits per heavy atom. The molecule has 1 aliphatic rings. The number of nitrogens with one attached hydrogen (secondary N) is 1. The molecule has 0 saturated carbocycles. The summed E-state index contributed by atoms with van der Waals surface area (Å²) in [6.07, 6.45) is 0.961. The van der Waals surface area contributed by atoms with Crippen LogP contribution in [0.2, 0.25) is 0 Å². The molecule has 1 aliphatic heterocycles. The van der Waals surface area contributed by atoms with Crippen molar-refractivity contribution in [3.8, 4) is 0 Å². The third-order valence-corrected chi connectivity index (χ3v) is 4.00. The molecule has 0 radical (unpaired) electrons. The molecule has 2 rings (SSSR count). The lowest BCUT2D eigenvalue weighted by Gasteiger charge is -2.20. The highest BCUT2D eigenvalue weighted by Gasteiger charge is 2.37. The molecule has 0 spiro atoms. The van der Waals surface area contributed by atoms with Crippen molar-refractivity contribution >= 4 is 17.1 Å². The van der Waals surface area contributed by atoms with Gasteiger partial charge >= 0.3 is 0 Å². The maximum atomic E-state index is 12.2. The first-order valence-electron chi connectivity index (χ1n) is 4.93. The molecule has 0 aromatic carbocycles. The van der Waals surface area contributed by atoms with Gasteiger partial charge in [0.1, 0.15) is 0 Å². The minimum absolute atomic E-state index is 0.171. The van der Waals surface area contributed by atoms with Gasteiger partial charge in [0.25, 0.3) is 0 Å². The first kappa shape index (κ1) is 9.87. The van der Waals surface area contributed by atoms with Gasteiger partial charge in [-0.25, -0.2) is 0 Å². The number of carbonyl (C=O) groups is 1. The molecule has 1 aromatic heterocycles. The molecule has 2 heterocycles. The van der Waals surface area contributed by atoms with Crippen LogP contribution in [0.4, 0.5) is 0 Å². The minimum atomic E-state index is -0.171. The summed E-state index contributed by atoms with van der Waals surface area (Å²) >= 11 is 1.57. The van der Waals surface area contributed by atoms with Gasteiger partial charge in [-0.05, 0) is 36.9 Å². The predicted molar refractivity (Wildman–Crippen MR) is 59.0 cm³/mol. The van der Waals surface area contributed by atoms with Crippen LogP contribution in [0.15, 0.2) is 11.4 Å². The van der Waals surface area contributed by atoms with E-state index in [0.717, 1.165) is 30.0 Å². The van der Waals surface area contributed by atoms with Crippen LogP contribution in [-0.4, -0.2) is 18.9 Å². The highest BCUT2D eigenvalue weighted by atomic mass is 32.1. The van der Waals surface area contributed by atoms with E-state index in [0.29, 0.717) is 5.78 Å². The number of Topliss-reactive ketones (excluding diaryl/α,β-unsaturated/α-hetero) is 1. The molecule has 2 nitrogen and oxygen atoms in total. The fourth-order valence-electron chi connectivity index (χ4n) is 1.89. The normalized spacial score (nSPS) is 26.7. The van der Waals surface area contributed by atoms with Crippen molar-refractivity contribution in [1.29, 1.82) is 0 Å². The zero-order valence-electron chi connectivity index (χ0n) is 8.59. The molecular weight excluding hydrogens is 194 g/mol. The number of thiophene rings is 1. The first-order valence-corrected chi connectivity index (χ1v) is 5.81. The van der Waals surface area contributed by atoms with Crippen molar-refractivity contribution in [3.63, 3.8) is 0 Å². The fraction of sp³-hybridized carbons (Fsp3) is 0.545. The fourth-order valence-corrected chi connectivity index (χ4v) is 2.91. The highest BCUT2D eigenvalue weighted by molar-refractivity contribution is 7.12. The molecule has 3 heteroatoms. The van der Waals surface area contributed by atoms with Crippen molar-refractivity contribution in [2.75, 3.05) is 13.1 Å². The van der Waals surface area contributed by atoms with E-state index < -0.39 is 0 Å². The molecule has 14 heavy (non-hydrogen) atoms. The summed E-state index contributed by atoms with van der Waals surface area (Å²) < 4.78 is 0. The Balaban J connectivity index is 2.28. The molecule has 1 fully saturated rings. The molecule has 0 aliphatic carbocycles. The van der Waals surface area contributed by atoms with Crippen molar-refractivity contribution in [2.45, 2.75) is 20.3 Å². The van der Waals surface area contributed by atoms with E-state index in [4.69, 9.17) is 0 Å². The maximum Gasteiger partial charge on any atom is 0.180 e. The van der Waals surface area contributed by atoms with E-state index in [1.807, 2.05) is 18.4 Å². The lowest BCUT2D eigenvalue weighted by Crippen LogP contribution is -2.30. The summed E-state index contributed by atoms with van der Waals surface area (Å²) in [6.45, 7) is 5.86. The van der Waals surface area contributed by atoms with Gasteiger partial charge in [-0.1, -0.05) is 6.92 Å². The van der Waals surface area contributed by atoms with Crippen LogP contribution in [-0.2, 0) is 0 Å².